The number of Topliss-reactive ketones (excluding diaryl/α,β-unsaturated/α-hetero) is 1. The van der Waals surface area contributed by atoms with Crippen LogP contribution in [-0.2, 0) is 0 Å². The van der Waals surface area contributed by atoms with E-state index in [1.54, 1.807) is 13.0 Å². The van der Waals surface area contributed by atoms with Crippen LogP contribution in [-0.4, -0.2) is 17.4 Å². The molecular weight excluding hydrogens is 216 g/mol. The standard InChI is InChI=1S/C14H14O3/c1-7-4-10-6-8(2)12(9(3)15)14(17)13(10)11(16)5-7/h4-6,16-17H,1-3H3/i/hD. The van der Waals surface area contributed by atoms with Crippen LogP contribution in [0.1, 0.15) is 28.4 Å². The van der Waals surface area contributed by atoms with Crippen LogP contribution in [0.25, 0.3) is 10.8 Å². The smallest absolute Gasteiger partial charge is 0.293 e. The highest BCUT2D eigenvalue weighted by atomic mass is 16.3. The van der Waals surface area contributed by atoms with Gasteiger partial charge in [0.1, 0.15) is 11.5 Å². The zero-order valence-electron chi connectivity index (χ0n) is 11.0. The van der Waals surface area contributed by atoms with Crippen molar-refractivity contribution >= 4 is 16.6 Å². The Morgan fingerprint density at radius 3 is 2.59 bits per heavy atom. The van der Waals surface area contributed by atoms with Crippen molar-refractivity contribution < 1.29 is 15.0 Å². The number of ketones is 1. The summed E-state index contributed by atoms with van der Waals surface area (Å²) in [5, 5.41) is 15.7. The third kappa shape index (κ3) is 1.73. The number of carbonyl (C=O) groups excluding carboxylic acids is 1. The summed E-state index contributed by atoms with van der Waals surface area (Å²) in [6.45, 7) is 5.08. The number of rotatable bonds is 2. The summed E-state index contributed by atoms with van der Waals surface area (Å²) in [6.07, 6.45) is 0. The van der Waals surface area contributed by atoms with Crippen molar-refractivity contribution in [2.75, 3.05) is 0 Å². The van der Waals surface area contributed by atoms with Gasteiger partial charge in [-0.15, -0.1) is 0 Å². The molecule has 0 aliphatic carbocycles. The molecule has 0 unspecified atom stereocenters. The summed E-state index contributed by atoms with van der Waals surface area (Å²) in [6, 6.07) is 5.29. The van der Waals surface area contributed by atoms with E-state index in [1.807, 2.05) is 19.1 Å². The molecule has 0 fully saturated rings. The van der Waals surface area contributed by atoms with Gasteiger partial charge in [-0.25, -0.2) is 0 Å². The van der Waals surface area contributed by atoms with Crippen LogP contribution >= 0.6 is 0 Å². The van der Waals surface area contributed by atoms with E-state index in [4.69, 9.17) is 1.43 Å². The van der Waals surface area contributed by atoms with Gasteiger partial charge in [-0.05, 0) is 43.4 Å². The molecule has 0 spiro atoms. The second kappa shape index (κ2) is 3.77. The van der Waals surface area contributed by atoms with Gasteiger partial charge in [-0.1, -0.05) is 12.1 Å². The highest BCUT2D eigenvalue weighted by Crippen LogP contribution is 2.38. The zero-order chi connectivity index (χ0) is 13.4. The second-order valence-corrected chi connectivity index (χ2v) is 4.34. The lowest BCUT2D eigenvalue weighted by Crippen LogP contribution is -1.97. The van der Waals surface area contributed by atoms with Crippen molar-refractivity contribution in [3.8, 4) is 11.5 Å². The van der Waals surface area contributed by atoms with Crippen LogP contribution in [0.15, 0.2) is 18.2 Å². The molecule has 0 saturated carbocycles. The van der Waals surface area contributed by atoms with Crippen LogP contribution in [0.3, 0.4) is 0 Å². The lowest BCUT2D eigenvalue weighted by molar-refractivity contribution is 0.101. The number of carbonyl (C=O) groups is 1. The maximum absolute atomic E-state index is 11.6. The van der Waals surface area contributed by atoms with Crippen molar-refractivity contribution in [3.63, 3.8) is 0 Å². The summed E-state index contributed by atoms with van der Waals surface area (Å²) in [4.78, 5) is 11.6. The third-order valence-corrected chi connectivity index (χ3v) is 2.86. The summed E-state index contributed by atoms with van der Waals surface area (Å²) >= 11 is 0. The topological polar surface area (TPSA) is 57.5 Å². The fourth-order valence-electron chi connectivity index (χ4n) is 2.20. The first kappa shape index (κ1) is 10.1. The van der Waals surface area contributed by atoms with E-state index in [1.165, 1.54) is 6.92 Å². The van der Waals surface area contributed by atoms with E-state index >= 15 is 0 Å². The number of fused-ring (bicyclic) bond motifs is 1. The Bertz CT molecular complexity index is 647. The molecule has 2 rings (SSSR count). The van der Waals surface area contributed by atoms with Gasteiger partial charge in [-0.2, -0.15) is 0 Å². The molecule has 2 aromatic rings. The molecular formula is C14H14O3. The molecule has 0 atom stereocenters. The number of aryl methyl sites for hydroxylation is 2. The van der Waals surface area contributed by atoms with Crippen molar-refractivity contribution in [2.45, 2.75) is 20.8 Å². The van der Waals surface area contributed by atoms with Crippen LogP contribution in [0, 0.1) is 13.8 Å². The molecule has 2 N–H and O–H groups in total. The van der Waals surface area contributed by atoms with Crippen molar-refractivity contribution in [1.29, 1.82) is 1.43 Å². The zero-order valence-corrected chi connectivity index (χ0v) is 10.00. The van der Waals surface area contributed by atoms with Gasteiger partial charge in [-0.3, -0.25) is 4.79 Å². The molecule has 3 heteroatoms. The van der Waals surface area contributed by atoms with E-state index in [9.17, 15) is 9.90 Å². The Labute approximate surface area is 101 Å². The Kier molecular flexibility index (Phi) is 2.25. The summed E-state index contributed by atoms with van der Waals surface area (Å²) in [7, 11) is 0. The van der Waals surface area contributed by atoms with Crippen LogP contribution in [0.5, 0.6) is 11.5 Å². The molecule has 3 nitrogen and oxygen atoms in total. The first-order valence-electron chi connectivity index (χ1n) is 5.77. The van der Waals surface area contributed by atoms with Gasteiger partial charge in [0, 0.05) is 0 Å². The fourth-order valence-corrected chi connectivity index (χ4v) is 2.20. The van der Waals surface area contributed by atoms with Gasteiger partial charge in [0.25, 0.3) is 1.43 Å². The van der Waals surface area contributed by atoms with Gasteiger partial charge >= 0.3 is 0 Å². The average Bonchev–Trinajstić information content (AvgIpc) is 2.25. The minimum Gasteiger partial charge on any atom is -0.507 e. The van der Waals surface area contributed by atoms with Gasteiger partial charge < -0.3 is 10.2 Å². The molecule has 0 aliphatic heterocycles. The molecule has 0 heterocycles. The third-order valence-electron chi connectivity index (χ3n) is 2.86. The maximum Gasteiger partial charge on any atom is 0.293 e. The maximum atomic E-state index is 11.6. The summed E-state index contributed by atoms with van der Waals surface area (Å²) < 4.78 is 7.14. The predicted octanol–water partition coefficient (Wildman–Crippen LogP) is 3.07. The second-order valence-electron chi connectivity index (χ2n) is 4.34. The molecule has 17 heavy (non-hydrogen) atoms. The van der Waals surface area contributed by atoms with E-state index in [-0.39, 0.29) is 17.3 Å². The lowest BCUT2D eigenvalue weighted by Gasteiger charge is -2.11. The lowest BCUT2D eigenvalue weighted by atomic mass is 9.96. The van der Waals surface area contributed by atoms with E-state index in [0.29, 0.717) is 10.9 Å². The molecule has 0 saturated heterocycles. The molecule has 2 aromatic carbocycles. The van der Waals surface area contributed by atoms with Gasteiger partial charge in [0.2, 0.25) is 0 Å². The number of hydrogen-bond donors (Lipinski definition) is 2. The number of phenolic OH excluding ortho intramolecular Hbond substituents is 2. The summed E-state index contributed by atoms with van der Waals surface area (Å²) in [5.74, 6) is -0.0404. The first-order valence-corrected chi connectivity index (χ1v) is 5.36. The molecule has 0 aromatic heterocycles. The quantitative estimate of drug-likeness (QED) is 0.781. The molecule has 0 aliphatic rings. The highest BCUT2D eigenvalue weighted by Gasteiger charge is 2.16. The number of phenols is 2. The fraction of sp³-hybridized carbons (Fsp3) is 0.214. The Balaban J connectivity index is 2.99. The molecule has 88 valence electrons. The normalized spacial score (nSPS) is 11.4. The van der Waals surface area contributed by atoms with Crippen molar-refractivity contribution in [3.05, 3.63) is 34.9 Å². The number of benzene rings is 2. The SMILES string of the molecule is [2H]Oc1c(C(C)=O)c(C)cc2cc(C)cc(O)c12. The predicted molar refractivity (Wildman–Crippen MR) is 66.8 cm³/mol. The molecule has 0 bridgehead atoms. The number of aromatic hydroxyl groups is 2. The molecule has 0 radical (unpaired) electrons. The van der Waals surface area contributed by atoms with Crippen LogP contribution in [0.2, 0.25) is 0 Å². The number of hydrogen-bond acceptors (Lipinski definition) is 3. The summed E-state index contributed by atoms with van der Waals surface area (Å²) in [5.41, 5.74) is 1.99. The minimum absolute atomic E-state index is 0.0229. The van der Waals surface area contributed by atoms with Crippen molar-refractivity contribution in [2.24, 2.45) is 0 Å². The van der Waals surface area contributed by atoms with E-state index < -0.39 is 0 Å². The Morgan fingerprint density at radius 1 is 1.29 bits per heavy atom. The minimum atomic E-state index is -0.184. The van der Waals surface area contributed by atoms with E-state index in [0.717, 1.165) is 16.5 Å². The highest BCUT2D eigenvalue weighted by molar-refractivity contribution is 6.06. The molecule has 0 amide bonds. The Hall–Kier alpha value is -2.03. The van der Waals surface area contributed by atoms with Gasteiger partial charge in [0.15, 0.2) is 5.78 Å². The van der Waals surface area contributed by atoms with Crippen molar-refractivity contribution in [1.82, 2.24) is 0 Å². The largest absolute Gasteiger partial charge is 0.507 e. The van der Waals surface area contributed by atoms with Crippen LogP contribution in [0.4, 0.5) is 0 Å². The Morgan fingerprint density at radius 2 is 2.00 bits per heavy atom. The van der Waals surface area contributed by atoms with E-state index in [2.05, 4.69) is 5.11 Å². The monoisotopic (exact) mass is 231 g/mol. The van der Waals surface area contributed by atoms with Crippen LogP contribution < -0.4 is 0 Å². The average molecular weight is 231 g/mol. The van der Waals surface area contributed by atoms with Gasteiger partial charge in [0.05, 0.1) is 10.9 Å². The first-order chi connectivity index (χ1) is 8.45.